The Labute approximate surface area is 38.8 Å². The lowest BCUT2D eigenvalue weighted by Gasteiger charge is -1.85. The molecule has 0 saturated heterocycles. The molecule has 0 aromatic heterocycles. The van der Waals surface area contributed by atoms with Gasteiger partial charge in [-0.2, -0.15) is 0 Å². The van der Waals surface area contributed by atoms with Crippen LogP contribution in [0.25, 0.3) is 0 Å². The first-order valence-corrected chi connectivity index (χ1v) is 1.96. The third kappa shape index (κ3) is 1.97. The molecule has 6 heavy (non-hydrogen) atoms. The minimum atomic E-state index is 0.628. The molecule has 0 amide bonds. The molecular weight excluding hydrogens is 74.1 g/mol. The number of rotatable bonds is 1. The molecule has 0 aliphatic heterocycles. The molecule has 0 bridgehead atoms. The van der Waals surface area contributed by atoms with Gasteiger partial charge in [-0.15, -0.1) is 0 Å². The molecule has 0 rings (SSSR count). The summed E-state index contributed by atoms with van der Waals surface area (Å²) in [6.45, 7) is 6.09. The van der Waals surface area contributed by atoms with E-state index < -0.39 is 0 Å². The molecule has 0 saturated carbocycles. The Bertz CT molecular complexity index is 55.0. The SMILES string of the molecule is [CH2]/C=C(\C)CN. The fraction of sp³-hybridized carbons (Fsp3) is 0.400. The van der Waals surface area contributed by atoms with E-state index in [1.807, 2.05) is 6.92 Å². The second-order valence-electron chi connectivity index (χ2n) is 1.25. The summed E-state index contributed by atoms with van der Waals surface area (Å²) in [6.07, 6.45) is 1.76. The molecule has 0 unspecified atom stereocenters. The Hall–Kier alpha value is -0.300. The van der Waals surface area contributed by atoms with Gasteiger partial charge in [-0.3, -0.25) is 0 Å². The van der Waals surface area contributed by atoms with E-state index in [-0.39, 0.29) is 0 Å². The predicted molar refractivity (Wildman–Crippen MR) is 28.2 cm³/mol. The zero-order chi connectivity index (χ0) is 4.99. The molecule has 35 valence electrons. The first kappa shape index (κ1) is 5.70. The van der Waals surface area contributed by atoms with Crippen LogP contribution in [0.4, 0.5) is 0 Å². The Balaban J connectivity index is 3.22. The lowest BCUT2D eigenvalue weighted by molar-refractivity contribution is 1.14. The molecule has 0 aliphatic carbocycles. The highest BCUT2D eigenvalue weighted by molar-refractivity contribution is 5.00. The van der Waals surface area contributed by atoms with Crippen molar-refractivity contribution in [1.82, 2.24) is 0 Å². The highest BCUT2D eigenvalue weighted by Gasteiger charge is 1.73. The first-order chi connectivity index (χ1) is 2.81. The van der Waals surface area contributed by atoms with Crippen molar-refractivity contribution in [2.24, 2.45) is 5.73 Å². The quantitative estimate of drug-likeness (QED) is 0.498. The maximum atomic E-state index is 5.17. The molecule has 0 aliphatic rings. The summed E-state index contributed by atoms with van der Waals surface area (Å²) < 4.78 is 0. The van der Waals surface area contributed by atoms with Crippen LogP contribution in [0.15, 0.2) is 11.6 Å². The third-order valence-corrected chi connectivity index (χ3v) is 0.670. The average Bonchev–Trinajstić information content (AvgIpc) is 1.65. The molecule has 0 atom stereocenters. The van der Waals surface area contributed by atoms with Crippen LogP contribution < -0.4 is 5.73 Å². The van der Waals surface area contributed by atoms with Crippen molar-refractivity contribution < 1.29 is 0 Å². The molecule has 1 heteroatoms. The van der Waals surface area contributed by atoms with Gasteiger partial charge in [-0.1, -0.05) is 11.6 Å². The molecule has 0 fully saturated rings. The molecule has 1 radical (unpaired) electrons. The molecule has 0 aromatic rings. The normalized spacial score (nSPS) is 12.2. The van der Waals surface area contributed by atoms with Crippen LogP contribution in [0.2, 0.25) is 0 Å². The molecular formula is C5H10N. The van der Waals surface area contributed by atoms with E-state index in [1.54, 1.807) is 6.08 Å². The topological polar surface area (TPSA) is 26.0 Å². The van der Waals surface area contributed by atoms with Gasteiger partial charge in [0.1, 0.15) is 0 Å². The Morgan fingerprint density at radius 2 is 2.50 bits per heavy atom. The van der Waals surface area contributed by atoms with E-state index in [0.717, 1.165) is 5.57 Å². The van der Waals surface area contributed by atoms with Crippen molar-refractivity contribution >= 4 is 0 Å². The summed E-state index contributed by atoms with van der Waals surface area (Å²) in [7, 11) is 0. The van der Waals surface area contributed by atoms with Gasteiger partial charge < -0.3 is 5.73 Å². The van der Waals surface area contributed by atoms with Crippen LogP contribution in [-0.4, -0.2) is 6.54 Å². The van der Waals surface area contributed by atoms with Crippen molar-refractivity contribution in [2.45, 2.75) is 6.92 Å². The fourth-order valence-corrected chi connectivity index (χ4v) is 0.0833. The fourth-order valence-electron chi connectivity index (χ4n) is 0.0833. The summed E-state index contributed by atoms with van der Waals surface area (Å²) in [5.41, 5.74) is 6.31. The predicted octanol–water partition coefficient (Wildman–Crippen LogP) is 0.725. The molecule has 0 spiro atoms. The summed E-state index contributed by atoms with van der Waals surface area (Å²) in [5, 5.41) is 0. The van der Waals surface area contributed by atoms with Gasteiger partial charge in [0.05, 0.1) is 0 Å². The minimum absolute atomic E-state index is 0.628. The Kier molecular flexibility index (Phi) is 2.77. The second-order valence-corrected chi connectivity index (χ2v) is 1.25. The third-order valence-electron chi connectivity index (χ3n) is 0.670. The highest BCUT2D eigenvalue weighted by atomic mass is 14.5. The van der Waals surface area contributed by atoms with Crippen molar-refractivity contribution in [3.63, 3.8) is 0 Å². The van der Waals surface area contributed by atoms with E-state index in [2.05, 4.69) is 6.92 Å². The average molecular weight is 84.1 g/mol. The number of nitrogens with two attached hydrogens (primary N) is 1. The molecule has 2 N–H and O–H groups in total. The smallest absolute Gasteiger partial charge is 0.0134 e. The molecule has 1 nitrogen and oxygen atoms in total. The van der Waals surface area contributed by atoms with Crippen LogP contribution in [0.1, 0.15) is 6.92 Å². The standard InChI is InChI=1S/C5H10N/c1-3-5(2)4-6/h3H,1,4,6H2,2H3/b5-3+. The van der Waals surface area contributed by atoms with E-state index in [4.69, 9.17) is 5.73 Å². The lowest BCUT2D eigenvalue weighted by Crippen LogP contribution is -1.98. The first-order valence-electron chi connectivity index (χ1n) is 1.96. The van der Waals surface area contributed by atoms with Gasteiger partial charge in [-0.05, 0) is 13.8 Å². The number of allylic oxidation sites excluding steroid dienone is 1. The van der Waals surface area contributed by atoms with Crippen molar-refractivity contribution in [1.29, 1.82) is 0 Å². The van der Waals surface area contributed by atoms with Gasteiger partial charge >= 0.3 is 0 Å². The van der Waals surface area contributed by atoms with Crippen LogP contribution >= 0.6 is 0 Å². The van der Waals surface area contributed by atoms with E-state index in [9.17, 15) is 0 Å². The van der Waals surface area contributed by atoms with Gasteiger partial charge in [0.15, 0.2) is 0 Å². The van der Waals surface area contributed by atoms with Crippen molar-refractivity contribution in [2.75, 3.05) is 6.54 Å². The van der Waals surface area contributed by atoms with E-state index in [1.165, 1.54) is 0 Å². The van der Waals surface area contributed by atoms with Crippen LogP contribution in [0, 0.1) is 6.92 Å². The molecule has 0 heterocycles. The van der Waals surface area contributed by atoms with Crippen LogP contribution in [0.5, 0.6) is 0 Å². The Morgan fingerprint density at radius 3 is 2.50 bits per heavy atom. The second kappa shape index (κ2) is 2.91. The molecule has 0 aromatic carbocycles. The maximum absolute atomic E-state index is 5.17. The van der Waals surface area contributed by atoms with Gasteiger partial charge in [0.25, 0.3) is 0 Å². The van der Waals surface area contributed by atoms with Gasteiger partial charge in [0, 0.05) is 6.54 Å². The van der Waals surface area contributed by atoms with Crippen LogP contribution in [-0.2, 0) is 0 Å². The summed E-state index contributed by atoms with van der Waals surface area (Å²) in [5.74, 6) is 0. The summed E-state index contributed by atoms with van der Waals surface area (Å²) in [6, 6.07) is 0. The zero-order valence-corrected chi connectivity index (χ0v) is 4.07. The Morgan fingerprint density at radius 1 is 2.00 bits per heavy atom. The monoisotopic (exact) mass is 84.1 g/mol. The van der Waals surface area contributed by atoms with Crippen molar-refractivity contribution in [3.8, 4) is 0 Å². The number of hydrogen-bond donors (Lipinski definition) is 1. The summed E-state index contributed by atoms with van der Waals surface area (Å²) >= 11 is 0. The largest absolute Gasteiger partial charge is 0.327 e. The van der Waals surface area contributed by atoms with E-state index in [0.29, 0.717) is 6.54 Å². The minimum Gasteiger partial charge on any atom is -0.327 e. The lowest BCUT2D eigenvalue weighted by atomic mass is 10.3. The zero-order valence-electron chi connectivity index (χ0n) is 4.07. The number of hydrogen-bond acceptors (Lipinski definition) is 1. The highest BCUT2D eigenvalue weighted by Crippen LogP contribution is 1.82. The van der Waals surface area contributed by atoms with Gasteiger partial charge in [0.2, 0.25) is 0 Å². The summed E-state index contributed by atoms with van der Waals surface area (Å²) in [4.78, 5) is 0. The van der Waals surface area contributed by atoms with Crippen LogP contribution in [0.3, 0.4) is 0 Å². The maximum Gasteiger partial charge on any atom is 0.0134 e. The van der Waals surface area contributed by atoms with Crippen molar-refractivity contribution in [3.05, 3.63) is 18.6 Å². The van der Waals surface area contributed by atoms with Gasteiger partial charge in [-0.25, -0.2) is 0 Å². The van der Waals surface area contributed by atoms with E-state index >= 15 is 0 Å².